The maximum atomic E-state index is 14.1. The van der Waals surface area contributed by atoms with Crippen LogP contribution in [0.25, 0.3) is 5.69 Å². The zero-order valence-electron chi connectivity index (χ0n) is 14.9. The molecule has 1 aromatic carbocycles. The predicted molar refractivity (Wildman–Crippen MR) is 104 cm³/mol. The molecule has 1 N–H and O–H groups in total. The number of nitrogens with zero attached hydrogens (tertiary/aromatic N) is 4. The highest BCUT2D eigenvalue weighted by Gasteiger charge is 2.12. The first-order valence-electron chi connectivity index (χ1n) is 8.22. The number of aryl methyl sites for hydroxylation is 1. The van der Waals surface area contributed by atoms with Crippen LogP contribution in [-0.2, 0) is 4.79 Å². The molecule has 8 heteroatoms. The summed E-state index contributed by atoms with van der Waals surface area (Å²) in [7, 11) is 0. The molecule has 0 saturated heterocycles. The van der Waals surface area contributed by atoms with Gasteiger partial charge in [0.1, 0.15) is 5.82 Å². The molecule has 2 heterocycles. The molecule has 0 spiro atoms. The SMILES string of the molecule is Cc1cc(/C=N/NC(=O)CSc2ncccn2)c(C)n1-c1ccccc1F. The Balaban J connectivity index is 1.65. The van der Waals surface area contributed by atoms with Crippen LogP contribution in [0.1, 0.15) is 17.0 Å². The Bertz CT molecular complexity index is 971. The number of aromatic nitrogens is 3. The minimum atomic E-state index is -0.295. The van der Waals surface area contributed by atoms with Gasteiger partial charge in [0.05, 0.1) is 17.7 Å². The monoisotopic (exact) mass is 383 g/mol. The van der Waals surface area contributed by atoms with E-state index in [9.17, 15) is 9.18 Å². The highest BCUT2D eigenvalue weighted by atomic mass is 32.2. The highest BCUT2D eigenvalue weighted by molar-refractivity contribution is 7.99. The lowest BCUT2D eigenvalue weighted by atomic mass is 10.2. The Hall–Kier alpha value is -3.00. The molecule has 0 atom stereocenters. The van der Waals surface area contributed by atoms with Gasteiger partial charge in [-0.1, -0.05) is 23.9 Å². The highest BCUT2D eigenvalue weighted by Crippen LogP contribution is 2.21. The average Bonchev–Trinajstić information content (AvgIpc) is 2.95. The summed E-state index contributed by atoms with van der Waals surface area (Å²) in [6.07, 6.45) is 4.80. The molecule has 27 heavy (non-hydrogen) atoms. The van der Waals surface area contributed by atoms with Gasteiger partial charge >= 0.3 is 0 Å². The number of nitrogens with one attached hydrogen (secondary N) is 1. The number of hydrogen-bond donors (Lipinski definition) is 1. The summed E-state index contributed by atoms with van der Waals surface area (Å²) in [6.45, 7) is 3.77. The van der Waals surface area contributed by atoms with Gasteiger partial charge in [0.25, 0.3) is 5.91 Å². The third-order valence-corrected chi connectivity index (χ3v) is 4.71. The first kappa shape index (κ1) is 18.8. The number of para-hydroxylation sites is 1. The van der Waals surface area contributed by atoms with Crippen LogP contribution in [0.3, 0.4) is 0 Å². The lowest BCUT2D eigenvalue weighted by Crippen LogP contribution is -2.19. The van der Waals surface area contributed by atoms with Crippen LogP contribution in [0.4, 0.5) is 4.39 Å². The van der Waals surface area contributed by atoms with Gasteiger partial charge in [-0.15, -0.1) is 0 Å². The summed E-state index contributed by atoms with van der Waals surface area (Å²) in [5.41, 5.74) is 5.47. The second-order valence-electron chi connectivity index (χ2n) is 5.73. The van der Waals surface area contributed by atoms with Crippen molar-refractivity contribution in [1.29, 1.82) is 0 Å². The van der Waals surface area contributed by atoms with E-state index in [4.69, 9.17) is 0 Å². The standard InChI is InChI=1S/C19H18FN5OS/c1-13-10-15(14(2)25(13)17-7-4-3-6-16(17)20)11-23-24-18(26)12-27-19-21-8-5-9-22-19/h3-11H,12H2,1-2H3,(H,24,26)/b23-11+. The number of halogens is 1. The maximum absolute atomic E-state index is 14.1. The molecule has 0 aliphatic heterocycles. The third kappa shape index (κ3) is 4.59. The Kier molecular flexibility index (Phi) is 5.97. The van der Waals surface area contributed by atoms with Gasteiger partial charge in [-0.3, -0.25) is 4.79 Å². The van der Waals surface area contributed by atoms with Crippen molar-refractivity contribution in [3.8, 4) is 5.69 Å². The molecule has 0 radical (unpaired) electrons. The normalized spacial score (nSPS) is 11.1. The number of benzene rings is 1. The first-order chi connectivity index (χ1) is 13.1. The van der Waals surface area contributed by atoms with E-state index in [1.807, 2.05) is 24.5 Å². The largest absolute Gasteiger partial charge is 0.315 e. The van der Waals surface area contributed by atoms with Gasteiger partial charge in [0, 0.05) is 29.3 Å². The topological polar surface area (TPSA) is 72.2 Å². The number of hydrogen-bond acceptors (Lipinski definition) is 5. The second kappa shape index (κ2) is 8.59. The van der Waals surface area contributed by atoms with Crippen LogP contribution < -0.4 is 5.43 Å². The molecule has 6 nitrogen and oxygen atoms in total. The summed E-state index contributed by atoms with van der Waals surface area (Å²) in [6, 6.07) is 10.2. The smallest absolute Gasteiger partial charge is 0.250 e. The van der Waals surface area contributed by atoms with Crippen molar-refractivity contribution in [2.24, 2.45) is 5.10 Å². The second-order valence-corrected chi connectivity index (χ2v) is 6.67. The minimum Gasteiger partial charge on any atom is -0.315 e. The van der Waals surface area contributed by atoms with Crippen LogP contribution in [0, 0.1) is 19.7 Å². The molecule has 3 rings (SSSR count). The number of amides is 1. The van der Waals surface area contributed by atoms with E-state index in [0.29, 0.717) is 10.8 Å². The lowest BCUT2D eigenvalue weighted by Gasteiger charge is -2.10. The van der Waals surface area contributed by atoms with E-state index >= 15 is 0 Å². The number of carbonyl (C=O) groups is 1. The van der Waals surface area contributed by atoms with Crippen LogP contribution in [0.15, 0.2) is 59.0 Å². The Morgan fingerprint density at radius 3 is 2.74 bits per heavy atom. The van der Waals surface area contributed by atoms with Crippen molar-refractivity contribution < 1.29 is 9.18 Å². The van der Waals surface area contributed by atoms with Gasteiger partial charge in [-0.05, 0) is 38.1 Å². The van der Waals surface area contributed by atoms with Gasteiger partial charge in [-0.2, -0.15) is 5.10 Å². The number of carbonyl (C=O) groups excluding carboxylic acids is 1. The Morgan fingerprint density at radius 1 is 1.26 bits per heavy atom. The fourth-order valence-electron chi connectivity index (χ4n) is 2.62. The van der Waals surface area contributed by atoms with Gasteiger partial charge in [0.15, 0.2) is 5.16 Å². The zero-order chi connectivity index (χ0) is 19.2. The van der Waals surface area contributed by atoms with Crippen molar-refractivity contribution in [3.05, 3.63) is 71.6 Å². The van der Waals surface area contributed by atoms with E-state index in [-0.39, 0.29) is 17.5 Å². The molecule has 0 unspecified atom stereocenters. The minimum absolute atomic E-state index is 0.162. The van der Waals surface area contributed by atoms with Crippen LogP contribution in [0.5, 0.6) is 0 Å². The summed E-state index contributed by atoms with van der Waals surface area (Å²) in [5, 5.41) is 4.53. The molecule has 0 aliphatic rings. The van der Waals surface area contributed by atoms with Gasteiger partial charge < -0.3 is 4.57 Å². The van der Waals surface area contributed by atoms with Crippen molar-refractivity contribution in [2.45, 2.75) is 19.0 Å². The van der Waals surface area contributed by atoms with E-state index in [1.165, 1.54) is 17.8 Å². The molecule has 1 amide bonds. The molecule has 2 aromatic heterocycles. The maximum Gasteiger partial charge on any atom is 0.250 e. The molecular weight excluding hydrogens is 365 g/mol. The number of rotatable bonds is 6. The summed E-state index contributed by atoms with van der Waals surface area (Å²) >= 11 is 1.23. The Labute approximate surface area is 160 Å². The number of thioether (sulfide) groups is 1. The fourth-order valence-corrected chi connectivity index (χ4v) is 3.21. The molecule has 0 fully saturated rings. The molecule has 0 saturated carbocycles. The molecule has 0 bridgehead atoms. The van der Waals surface area contributed by atoms with Crippen LogP contribution in [0.2, 0.25) is 0 Å². The zero-order valence-corrected chi connectivity index (χ0v) is 15.7. The first-order valence-corrected chi connectivity index (χ1v) is 9.20. The lowest BCUT2D eigenvalue weighted by molar-refractivity contribution is -0.118. The summed E-state index contributed by atoms with van der Waals surface area (Å²) < 4.78 is 15.9. The molecule has 0 aliphatic carbocycles. The average molecular weight is 383 g/mol. The molecular formula is C19H18FN5OS. The van der Waals surface area contributed by atoms with Crippen molar-refractivity contribution in [1.82, 2.24) is 20.0 Å². The van der Waals surface area contributed by atoms with E-state index in [1.54, 1.807) is 42.9 Å². The predicted octanol–water partition coefficient (Wildman–Crippen LogP) is 3.27. The third-order valence-electron chi connectivity index (χ3n) is 3.83. The van der Waals surface area contributed by atoms with E-state index < -0.39 is 0 Å². The van der Waals surface area contributed by atoms with Gasteiger partial charge in [0.2, 0.25) is 0 Å². The Morgan fingerprint density at radius 2 is 2.00 bits per heavy atom. The fraction of sp³-hybridized carbons (Fsp3) is 0.158. The summed E-state index contributed by atoms with van der Waals surface area (Å²) in [4.78, 5) is 20.0. The van der Waals surface area contributed by atoms with E-state index in [2.05, 4.69) is 20.5 Å². The summed E-state index contributed by atoms with van der Waals surface area (Å²) in [5.74, 6) is -0.391. The quantitative estimate of drug-likeness (QED) is 0.307. The van der Waals surface area contributed by atoms with Crippen LogP contribution in [-0.4, -0.2) is 32.4 Å². The van der Waals surface area contributed by atoms with Crippen molar-refractivity contribution in [3.63, 3.8) is 0 Å². The van der Waals surface area contributed by atoms with Crippen LogP contribution >= 0.6 is 11.8 Å². The molecule has 138 valence electrons. The van der Waals surface area contributed by atoms with Crippen molar-refractivity contribution in [2.75, 3.05) is 5.75 Å². The van der Waals surface area contributed by atoms with Gasteiger partial charge in [-0.25, -0.2) is 19.8 Å². The van der Waals surface area contributed by atoms with E-state index in [0.717, 1.165) is 17.0 Å². The molecule has 3 aromatic rings. The number of hydrazone groups is 1. The van der Waals surface area contributed by atoms with Crippen molar-refractivity contribution >= 4 is 23.9 Å².